The molecule has 0 N–H and O–H groups in total. The summed E-state index contributed by atoms with van der Waals surface area (Å²) < 4.78 is 23.9. The Labute approximate surface area is 79.1 Å². The van der Waals surface area contributed by atoms with Crippen LogP contribution in [-0.2, 0) is 10.0 Å². The van der Waals surface area contributed by atoms with Crippen LogP contribution in [0.3, 0.4) is 0 Å². The van der Waals surface area contributed by atoms with E-state index in [9.17, 15) is 8.42 Å². The first-order chi connectivity index (χ1) is 6.05. The summed E-state index contributed by atoms with van der Waals surface area (Å²) >= 11 is 0. The van der Waals surface area contributed by atoms with Gasteiger partial charge < -0.3 is 0 Å². The van der Waals surface area contributed by atoms with Gasteiger partial charge in [-0.1, -0.05) is 6.08 Å². The molecule has 0 bridgehead atoms. The van der Waals surface area contributed by atoms with Gasteiger partial charge >= 0.3 is 10.0 Å². The van der Waals surface area contributed by atoms with Gasteiger partial charge in [-0.3, -0.25) is 0 Å². The van der Waals surface area contributed by atoms with Crippen molar-refractivity contribution in [1.29, 1.82) is 0 Å². The van der Waals surface area contributed by atoms with Crippen LogP contribution in [0.1, 0.15) is 12.8 Å². The molecule has 0 aromatic carbocycles. The molecule has 0 saturated heterocycles. The topological polar surface area (TPSA) is 37.1 Å². The van der Waals surface area contributed by atoms with Crippen molar-refractivity contribution in [2.75, 3.05) is 12.8 Å². The second-order valence-corrected chi connectivity index (χ2v) is 4.92. The van der Waals surface area contributed by atoms with E-state index in [0.717, 1.165) is 18.6 Å². The van der Waals surface area contributed by atoms with Gasteiger partial charge in [-0.25, -0.2) is 0 Å². The Bertz CT molecular complexity index is 363. The Kier molecular flexibility index (Phi) is 3.03. The van der Waals surface area contributed by atoms with E-state index in [1.807, 2.05) is 12.2 Å². The Morgan fingerprint density at radius 2 is 2.38 bits per heavy atom. The third-order valence-corrected chi connectivity index (χ3v) is 3.09. The number of hydrogen-bond donors (Lipinski definition) is 0. The summed E-state index contributed by atoms with van der Waals surface area (Å²) in [6, 6.07) is 0. The van der Waals surface area contributed by atoms with Crippen molar-refractivity contribution in [2.24, 2.45) is 0 Å². The molecule has 13 heavy (non-hydrogen) atoms. The summed E-state index contributed by atoms with van der Waals surface area (Å²) in [5.74, 6) is 0. The molecule has 1 aliphatic rings. The van der Waals surface area contributed by atoms with Gasteiger partial charge in [0.1, 0.15) is 0 Å². The second kappa shape index (κ2) is 3.87. The maximum atomic E-state index is 11.2. The predicted octanol–water partition coefficient (Wildman–Crippen LogP) is 0.936. The number of nitrogens with zero attached hydrogens (tertiary/aromatic N) is 1. The van der Waals surface area contributed by atoms with Crippen LogP contribution in [0, 0.1) is 0 Å². The minimum Gasteiger partial charge on any atom is -0.164 e. The summed E-state index contributed by atoms with van der Waals surface area (Å²) in [4.78, 5) is 0. The third kappa shape index (κ3) is 2.52. The molecule has 0 aromatic heterocycles. The summed E-state index contributed by atoms with van der Waals surface area (Å²) in [6.07, 6.45) is 8.30. The number of hydrogen-bond acceptors (Lipinski definition) is 2. The summed E-state index contributed by atoms with van der Waals surface area (Å²) in [5.41, 5.74) is 0.863. The molecule has 1 rings (SSSR count). The average molecular weight is 200 g/mol. The summed E-state index contributed by atoms with van der Waals surface area (Å²) in [5, 5.41) is 0. The van der Waals surface area contributed by atoms with Crippen molar-refractivity contribution in [3.8, 4) is 0 Å². The van der Waals surface area contributed by atoms with Crippen molar-refractivity contribution in [3.05, 3.63) is 24.8 Å². The molecule has 0 aromatic rings. The molecule has 1 heterocycles. The quantitative estimate of drug-likeness (QED) is 0.500. The molecule has 0 atom stereocenters. The second-order valence-electron chi connectivity index (χ2n) is 3.02. The van der Waals surface area contributed by atoms with Gasteiger partial charge in [-0.15, -0.1) is 10.6 Å². The van der Waals surface area contributed by atoms with E-state index in [-0.39, 0.29) is 0 Å². The Morgan fingerprint density at radius 1 is 1.69 bits per heavy atom. The van der Waals surface area contributed by atoms with E-state index in [1.165, 1.54) is 10.2 Å². The van der Waals surface area contributed by atoms with Crippen LogP contribution in [0.5, 0.6) is 0 Å². The fraction of sp³-hybridized carbons (Fsp3) is 0.444. The first-order valence-corrected chi connectivity index (χ1v) is 6.01. The first-order valence-electron chi connectivity index (χ1n) is 4.16. The highest BCUT2D eigenvalue weighted by Crippen LogP contribution is 2.05. The van der Waals surface area contributed by atoms with E-state index in [1.54, 1.807) is 6.08 Å². The molecule has 72 valence electrons. The van der Waals surface area contributed by atoms with Crippen LogP contribution in [0.15, 0.2) is 24.8 Å². The van der Waals surface area contributed by atoms with Gasteiger partial charge in [-0.05, 0) is 12.5 Å². The fourth-order valence-corrected chi connectivity index (χ4v) is 2.23. The Morgan fingerprint density at radius 3 is 2.92 bits per heavy atom. The molecule has 0 amide bonds. The summed E-state index contributed by atoms with van der Waals surface area (Å²) in [7, 11) is -3.08. The van der Waals surface area contributed by atoms with Crippen LogP contribution in [0.25, 0.3) is 0 Å². The van der Waals surface area contributed by atoms with Crippen LogP contribution >= 0.6 is 0 Å². The van der Waals surface area contributed by atoms with Gasteiger partial charge in [0.15, 0.2) is 12.3 Å². The third-order valence-electron chi connectivity index (χ3n) is 1.91. The van der Waals surface area contributed by atoms with Crippen molar-refractivity contribution in [1.82, 2.24) is 0 Å². The van der Waals surface area contributed by atoms with Crippen LogP contribution < -0.4 is 0 Å². The first kappa shape index (κ1) is 10.2. The molecule has 0 saturated carbocycles. The largest absolute Gasteiger partial charge is 0.362 e. The zero-order chi connectivity index (χ0) is 9.90. The Balaban J connectivity index is 2.88. The van der Waals surface area contributed by atoms with Crippen molar-refractivity contribution in [2.45, 2.75) is 12.8 Å². The molecule has 0 unspecified atom stereocenters. The van der Waals surface area contributed by atoms with Gasteiger partial charge in [0.05, 0.1) is 6.26 Å². The average Bonchev–Trinajstić information content (AvgIpc) is 2.47. The molecule has 0 radical (unpaired) electrons. The lowest BCUT2D eigenvalue weighted by molar-refractivity contribution is -0.347. The minimum absolute atomic E-state index is 0.477. The molecular weight excluding hydrogens is 186 g/mol. The number of sulfonamides is 1. The lowest BCUT2D eigenvalue weighted by atomic mass is 10.2. The molecule has 4 heteroatoms. The highest BCUT2D eigenvalue weighted by molar-refractivity contribution is 7.84. The van der Waals surface area contributed by atoms with Gasteiger partial charge in [0, 0.05) is 12.5 Å². The molecule has 0 spiro atoms. The Hall–Kier alpha value is -0.900. The van der Waals surface area contributed by atoms with E-state index in [4.69, 9.17) is 0 Å². The van der Waals surface area contributed by atoms with E-state index < -0.39 is 10.0 Å². The van der Waals surface area contributed by atoms with Crippen molar-refractivity contribution < 1.29 is 12.4 Å². The zero-order valence-corrected chi connectivity index (χ0v) is 8.55. The van der Waals surface area contributed by atoms with E-state index in [0.29, 0.717) is 6.54 Å². The van der Waals surface area contributed by atoms with Crippen LogP contribution in [-0.4, -0.2) is 30.9 Å². The van der Waals surface area contributed by atoms with Gasteiger partial charge in [0.25, 0.3) is 0 Å². The SMILES string of the molecule is C=CCCC1=[N+](S(C)(=O)=O)CC=C1. The molecule has 3 nitrogen and oxygen atoms in total. The number of allylic oxidation sites excluding steroid dienone is 2. The van der Waals surface area contributed by atoms with Crippen molar-refractivity contribution in [3.63, 3.8) is 0 Å². The molecule has 0 aliphatic carbocycles. The maximum absolute atomic E-state index is 11.2. The van der Waals surface area contributed by atoms with Crippen LogP contribution in [0.4, 0.5) is 0 Å². The van der Waals surface area contributed by atoms with Crippen LogP contribution in [0.2, 0.25) is 0 Å². The van der Waals surface area contributed by atoms with Gasteiger partial charge in [0.2, 0.25) is 0 Å². The predicted molar refractivity (Wildman–Crippen MR) is 53.5 cm³/mol. The lowest BCUT2D eigenvalue weighted by Gasteiger charge is -1.97. The molecule has 1 aliphatic heterocycles. The van der Waals surface area contributed by atoms with E-state index in [2.05, 4.69) is 6.58 Å². The number of rotatable bonds is 4. The highest BCUT2D eigenvalue weighted by atomic mass is 32.2. The summed E-state index contributed by atoms with van der Waals surface area (Å²) in [6.45, 7) is 4.08. The smallest absolute Gasteiger partial charge is 0.164 e. The minimum atomic E-state index is -3.08. The molecular formula is C9H14NO2S+. The normalized spacial score (nSPS) is 16.7. The monoisotopic (exact) mass is 200 g/mol. The van der Waals surface area contributed by atoms with E-state index >= 15 is 0 Å². The molecule has 0 fully saturated rings. The van der Waals surface area contributed by atoms with Crippen molar-refractivity contribution >= 4 is 15.7 Å². The van der Waals surface area contributed by atoms with Gasteiger partial charge in [-0.2, -0.15) is 8.42 Å². The fourth-order valence-electron chi connectivity index (χ4n) is 1.29. The maximum Gasteiger partial charge on any atom is 0.362 e. The highest BCUT2D eigenvalue weighted by Gasteiger charge is 2.24. The lowest BCUT2D eigenvalue weighted by Crippen LogP contribution is -2.22. The standard InChI is InChI=1S/C9H14NO2S/c1-3-4-6-9-7-5-8-10(9)13(2,11)12/h3,5,7H,1,4,6,8H2,2H3/q+1. The zero-order valence-electron chi connectivity index (χ0n) is 7.73.